The van der Waals surface area contributed by atoms with Crippen LogP contribution in [-0.4, -0.2) is 45.3 Å². The predicted octanol–water partition coefficient (Wildman–Crippen LogP) is 4.18. The summed E-state index contributed by atoms with van der Waals surface area (Å²) >= 11 is 0. The Morgan fingerprint density at radius 1 is 1.10 bits per heavy atom. The number of hydrogen-bond acceptors (Lipinski definition) is 7. The zero-order valence-electron chi connectivity index (χ0n) is 19.2. The quantitative estimate of drug-likeness (QED) is 0.517. The van der Waals surface area contributed by atoms with Crippen molar-refractivity contribution >= 4 is 17.3 Å². The molecule has 2 aliphatic carbocycles. The Balaban J connectivity index is 1.87. The summed E-state index contributed by atoms with van der Waals surface area (Å²) < 4.78 is 5.44. The van der Waals surface area contributed by atoms with Gasteiger partial charge in [0.1, 0.15) is 11.5 Å². The molecule has 0 radical (unpaired) electrons. The van der Waals surface area contributed by atoms with Crippen LogP contribution in [0.2, 0.25) is 0 Å². The number of allylic oxidation sites excluding steroid dienone is 2. The first-order chi connectivity index (χ1) is 14.5. The first-order valence-corrected chi connectivity index (χ1v) is 11.1. The van der Waals surface area contributed by atoms with Crippen LogP contribution < -0.4 is 0 Å². The third-order valence-electron chi connectivity index (χ3n) is 6.15. The van der Waals surface area contributed by atoms with Crippen LogP contribution in [-0.2, 0) is 17.6 Å². The van der Waals surface area contributed by atoms with Gasteiger partial charge in [0.2, 0.25) is 0 Å². The van der Waals surface area contributed by atoms with Gasteiger partial charge in [0, 0.05) is 37.8 Å². The Morgan fingerprint density at radius 3 is 2.39 bits per heavy atom. The summed E-state index contributed by atoms with van der Waals surface area (Å²) in [6.45, 7) is 9.88. The summed E-state index contributed by atoms with van der Waals surface area (Å²) in [7, 11) is 0. The first-order valence-electron chi connectivity index (χ1n) is 11.1. The maximum absolute atomic E-state index is 12.9. The van der Waals surface area contributed by atoms with Gasteiger partial charge >= 0.3 is 0 Å². The van der Waals surface area contributed by atoms with E-state index in [1.165, 1.54) is 0 Å². The summed E-state index contributed by atoms with van der Waals surface area (Å²) in [6, 6.07) is -0.303. The van der Waals surface area contributed by atoms with E-state index in [4.69, 9.17) is 4.52 Å². The fourth-order valence-electron chi connectivity index (χ4n) is 4.56. The molecule has 2 N–H and O–H groups in total. The topological polar surface area (TPSA) is 113 Å². The number of carbonyl (C=O) groups is 2. The molecule has 1 saturated carbocycles. The molecule has 7 heteroatoms. The van der Waals surface area contributed by atoms with Crippen LogP contribution in [0.25, 0.3) is 0 Å². The van der Waals surface area contributed by atoms with E-state index in [2.05, 4.69) is 10.1 Å². The number of aliphatic hydroxyl groups is 2. The van der Waals surface area contributed by atoms with Crippen LogP contribution in [0.4, 0.5) is 0 Å². The van der Waals surface area contributed by atoms with Crippen LogP contribution in [0.5, 0.6) is 0 Å². The Morgan fingerprint density at radius 2 is 1.74 bits per heavy atom. The van der Waals surface area contributed by atoms with Crippen molar-refractivity contribution in [2.45, 2.75) is 85.6 Å². The third kappa shape index (κ3) is 5.14. The number of Topliss-reactive ketones (excluding diaryl/α,β-unsaturated/α-hetero) is 2. The summed E-state index contributed by atoms with van der Waals surface area (Å²) in [5, 5.41) is 24.5. The van der Waals surface area contributed by atoms with Crippen LogP contribution in [0.1, 0.15) is 88.5 Å². The van der Waals surface area contributed by atoms with Crippen molar-refractivity contribution in [1.82, 2.24) is 5.16 Å². The summed E-state index contributed by atoms with van der Waals surface area (Å²) in [5.74, 6) is 0.448. The van der Waals surface area contributed by atoms with Gasteiger partial charge < -0.3 is 14.7 Å². The lowest BCUT2D eigenvalue weighted by molar-refractivity contribution is -0.117. The van der Waals surface area contributed by atoms with Gasteiger partial charge in [-0.05, 0) is 23.7 Å². The van der Waals surface area contributed by atoms with E-state index >= 15 is 0 Å². The molecular formula is C24H34N2O5. The normalized spacial score (nSPS) is 24.3. The second-order valence-corrected chi connectivity index (χ2v) is 10.5. The molecule has 31 heavy (non-hydrogen) atoms. The lowest BCUT2D eigenvalue weighted by Gasteiger charge is -2.32. The molecule has 1 aromatic rings. The highest BCUT2D eigenvalue weighted by molar-refractivity contribution is 6.24. The number of ketones is 2. The van der Waals surface area contributed by atoms with Gasteiger partial charge in [-0.15, -0.1) is 0 Å². The molecule has 0 saturated heterocycles. The molecule has 1 atom stereocenters. The Hall–Kier alpha value is -2.28. The van der Waals surface area contributed by atoms with E-state index in [0.29, 0.717) is 61.3 Å². The molecular weight excluding hydrogens is 396 g/mol. The van der Waals surface area contributed by atoms with Gasteiger partial charge in [-0.1, -0.05) is 39.8 Å². The third-order valence-corrected chi connectivity index (χ3v) is 6.15. The second-order valence-electron chi connectivity index (χ2n) is 10.5. The van der Waals surface area contributed by atoms with Crippen LogP contribution >= 0.6 is 0 Å². The number of aromatic nitrogens is 1. The van der Waals surface area contributed by atoms with E-state index in [1.807, 2.05) is 34.6 Å². The van der Waals surface area contributed by atoms with Crippen molar-refractivity contribution in [3.8, 4) is 0 Å². The van der Waals surface area contributed by atoms with Gasteiger partial charge in [0.15, 0.2) is 11.6 Å². The first kappa shape index (κ1) is 23.4. The van der Waals surface area contributed by atoms with E-state index in [0.717, 1.165) is 0 Å². The number of hydrogen-bond donors (Lipinski definition) is 2. The number of aliphatic imine (C=N–C) groups is 1. The minimum atomic E-state index is -0.303. The molecule has 0 amide bonds. The van der Waals surface area contributed by atoms with E-state index < -0.39 is 0 Å². The summed E-state index contributed by atoms with van der Waals surface area (Å²) in [4.78, 5) is 30.1. The number of aliphatic hydroxyl groups excluding tert-OH is 2. The molecule has 2 aliphatic rings. The van der Waals surface area contributed by atoms with Crippen molar-refractivity contribution < 1.29 is 24.3 Å². The molecule has 1 unspecified atom stereocenters. The maximum atomic E-state index is 12.9. The average molecular weight is 431 g/mol. The van der Waals surface area contributed by atoms with Gasteiger partial charge in [0.25, 0.3) is 0 Å². The average Bonchev–Trinajstić information content (AvgIpc) is 3.04. The highest BCUT2D eigenvalue weighted by atomic mass is 16.5. The van der Waals surface area contributed by atoms with E-state index in [9.17, 15) is 19.8 Å². The van der Waals surface area contributed by atoms with Crippen LogP contribution in [0, 0.1) is 10.8 Å². The number of carbonyl (C=O) groups excluding carboxylic acids is 2. The fourth-order valence-corrected chi connectivity index (χ4v) is 4.56. The molecule has 3 rings (SSSR count). The highest BCUT2D eigenvalue weighted by Crippen LogP contribution is 2.38. The molecule has 170 valence electrons. The largest absolute Gasteiger partial charge is 0.511 e. The minimum absolute atomic E-state index is 0.0149. The molecule has 0 aliphatic heterocycles. The van der Waals surface area contributed by atoms with E-state index in [-0.39, 0.29) is 52.8 Å². The van der Waals surface area contributed by atoms with Crippen molar-refractivity contribution in [1.29, 1.82) is 0 Å². The molecule has 1 aromatic heterocycles. The molecule has 1 fully saturated rings. The van der Waals surface area contributed by atoms with Crippen molar-refractivity contribution in [3.05, 3.63) is 28.3 Å². The zero-order valence-corrected chi connectivity index (χ0v) is 19.2. The summed E-state index contributed by atoms with van der Waals surface area (Å²) in [5.41, 5.74) is 1.48. The molecule has 0 bridgehead atoms. The number of fused-ring (bicyclic) bond motifs is 1. The van der Waals surface area contributed by atoms with Crippen molar-refractivity contribution in [2.75, 3.05) is 6.61 Å². The van der Waals surface area contributed by atoms with Crippen LogP contribution in [0.3, 0.4) is 0 Å². The SMILES string of the molecule is CCC(CO)N=C1CC(C)(C)CC(=O)C1=C(O)CCc1noc2c1C(=O)CC(C)(C)C2. The van der Waals surface area contributed by atoms with Gasteiger partial charge in [-0.2, -0.15) is 0 Å². The molecule has 7 nitrogen and oxygen atoms in total. The van der Waals surface area contributed by atoms with Gasteiger partial charge in [-0.3, -0.25) is 14.6 Å². The van der Waals surface area contributed by atoms with Crippen molar-refractivity contribution in [2.24, 2.45) is 15.8 Å². The van der Waals surface area contributed by atoms with Crippen molar-refractivity contribution in [3.63, 3.8) is 0 Å². The van der Waals surface area contributed by atoms with Gasteiger partial charge in [0.05, 0.1) is 29.5 Å². The standard InChI is InChI=1S/C24H34N2O5/c1-6-14(13-27)25-16-9-23(2,3)10-18(29)21(16)17(28)8-7-15-22-19(30)11-24(4,5)12-20(22)31-26-15/h14,27-28H,6-13H2,1-5H3. The highest BCUT2D eigenvalue weighted by Gasteiger charge is 2.38. The monoisotopic (exact) mass is 430 g/mol. The Labute approximate surface area is 183 Å². The lowest BCUT2D eigenvalue weighted by Crippen LogP contribution is -2.34. The molecule has 0 spiro atoms. The van der Waals surface area contributed by atoms with Gasteiger partial charge in [-0.25, -0.2) is 0 Å². The number of rotatable bonds is 6. The number of aryl methyl sites for hydroxylation is 1. The Bertz CT molecular complexity index is 932. The Kier molecular flexibility index (Phi) is 6.56. The number of nitrogens with zero attached hydrogens (tertiary/aromatic N) is 2. The fraction of sp³-hybridized carbons (Fsp3) is 0.667. The van der Waals surface area contributed by atoms with E-state index in [1.54, 1.807) is 0 Å². The minimum Gasteiger partial charge on any atom is -0.511 e. The second kappa shape index (κ2) is 8.69. The molecule has 0 aromatic carbocycles. The predicted molar refractivity (Wildman–Crippen MR) is 118 cm³/mol. The lowest BCUT2D eigenvalue weighted by atomic mass is 9.73. The maximum Gasteiger partial charge on any atom is 0.168 e. The smallest absolute Gasteiger partial charge is 0.168 e. The zero-order chi connectivity index (χ0) is 23.0. The molecule has 1 heterocycles. The summed E-state index contributed by atoms with van der Waals surface area (Å²) in [6.07, 6.45) is 3.10. The van der Waals surface area contributed by atoms with Crippen LogP contribution in [0.15, 0.2) is 20.8 Å².